The van der Waals surface area contributed by atoms with Crippen molar-refractivity contribution in [1.29, 1.82) is 0 Å². The van der Waals surface area contributed by atoms with Gasteiger partial charge in [-0.25, -0.2) is 26.7 Å². The van der Waals surface area contributed by atoms with Gasteiger partial charge in [-0.05, 0) is 49.9 Å². The van der Waals surface area contributed by atoms with Crippen LogP contribution >= 0.6 is 0 Å². The predicted octanol–water partition coefficient (Wildman–Crippen LogP) is 4.26. The third-order valence-corrected chi connectivity index (χ3v) is 6.78. The number of carbonyl (C=O) groups is 3. The van der Waals surface area contributed by atoms with Gasteiger partial charge in [0.15, 0.2) is 23.3 Å². The molecular weight excluding hydrogens is 515 g/mol. The Morgan fingerprint density at radius 3 is 1.97 bits per heavy atom. The topological polar surface area (TPSA) is 91.0 Å². The largest absolute Gasteiger partial charge is 0.497 e. The van der Waals surface area contributed by atoms with Gasteiger partial charge in [-0.1, -0.05) is 0 Å². The Labute approximate surface area is 214 Å². The number of urea groups is 1. The summed E-state index contributed by atoms with van der Waals surface area (Å²) in [5, 5.41) is 4.56. The van der Waals surface area contributed by atoms with Crippen LogP contribution in [-0.4, -0.2) is 60.4 Å². The van der Waals surface area contributed by atoms with Gasteiger partial charge in [0.25, 0.3) is 0 Å². The van der Waals surface area contributed by atoms with Gasteiger partial charge in [0.2, 0.25) is 17.6 Å². The molecule has 2 fully saturated rings. The van der Waals surface area contributed by atoms with Gasteiger partial charge in [0, 0.05) is 31.2 Å². The minimum Gasteiger partial charge on any atom is -0.497 e. The lowest BCUT2D eigenvalue weighted by Crippen LogP contribution is -2.51. The molecule has 2 aliphatic rings. The number of anilines is 2. The van der Waals surface area contributed by atoms with Crippen LogP contribution in [0.4, 0.5) is 38.1 Å². The molecule has 204 valence electrons. The summed E-state index contributed by atoms with van der Waals surface area (Å²) in [5.74, 6) is -11.3. The molecular formula is C25H25F5N4O4. The highest BCUT2D eigenvalue weighted by Crippen LogP contribution is 2.29. The maximum atomic E-state index is 14.0. The van der Waals surface area contributed by atoms with Crippen LogP contribution in [0.3, 0.4) is 0 Å². The van der Waals surface area contributed by atoms with Gasteiger partial charge in [-0.2, -0.15) is 0 Å². The van der Waals surface area contributed by atoms with Crippen molar-refractivity contribution in [1.82, 2.24) is 9.80 Å². The molecule has 13 heteroatoms. The second-order valence-electron chi connectivity index (χ2n) is 9.04. The number of amides is 4. The lowest BCUT2D eigenvalue weighted by Gasteiger charge is -2.35. The molecule has 38 heavy (non-hydrogen) atoms. The minimum absolute atomic E-state index is 0.0539. The van der Waals surface area contributed by atoms with E-state index in [0.717, 1.165) is 4.90 Å². The highest BCUT2D eigenvalue weighted by Gasteiger charge is 2.39. The zero-order valence-electron chi connectivity index (χ0n) is 20.3. The fourth-order valence-electron chi connectivity index (χ4n) is 4.65. The summed E-state index contributed by atoms with van der Waals surface area (Å²) in [6.07, 6.45) is 1.44. The van der Waals surface area contributed by atoms with Crippen molar-refractivity contribution in [3.63, 3.8) is 0 Å². The lowest BCUT2D eigenvalue weighted by molar-refractivity contribution is -0.138. The second-order valence-corrected chi connectivity index (χ2v) is 9.04. The van der Waals surface area contributed by atoms with E-state index in [1.807, 2.05) is 0 Å². The Balaban J connectivity index is 1.35. The van der Waals surface area contributed by atoms with E-state index in [0.29, 0.717) is 30.7 Å². The van der Waals surface area contributed by atoms with Crippen LogP contribution in [0, 0.1) is 35.0 Å². The lowest BCUT2D eigenvalue weighted by atomic mass is 9.95. The first-order chi connectivity index (χ1) is 18.1. The number of rotatable bonds is 5. The third-order valence-electron chi connectivity index (χ3n) is 6.78. The number of likely N-dealkylation sites (tertiary alicyclic amines) is 2. The first-order valence-electron chi connectivity index (χ1n) is 11.9. The summed E-state index contributed by atoms with van der Waals surface area (Å²) in [4.78, 5) is 41.0. The molecule has 2 aliphatic heterocycles. The highest BCUT2D eigenvalue weighted by atomic mass is 19.2. The number of nitrogens with one attached hydrogen (secondary N) is 2. The number of hydrogen-bond acceptors (Lipinski definition) is 4. The maximum absolute atomic E-state index is 14.0. The van der Waals surface area contributed by atoms with Gasteiger partial charge in [0.05, 0.1) is 7.11 Å². The van der Waals surface area contributed by atoms with Crippen LogP contribution in [0.5, 0.6) is 5.75 Å². The molecule has 2 N–H and O–H groups in total. The molecule has 0 radical (unpaired) electrons. The Morgan fingerprint density at radius 1 is 0.816 bits per heavy atom. The Hall–Kier alpha value is -3.90. The average Bonchev–Trinajstić information content (AvgIpc) is 3.43. The molecule has 0 unspecified atom stereocenters. The summed E-state index contributed by atoms with van der Waals surface area (Å²) < 4.78 is 73.4. The first kappa shape index (κ1) is 27.1. The van der Waals surface area contributed by atoms with Crippen molar-refractivity contribution in [3.8, 4) is 5.75 Å². The summed E-state index contributed by atoms with van der Waals surface area (Å²) in [6, 6.07) is 4.72. The summed E-state index contributed by atoms with van der Waals surface area (Å²) >= 11 is 0. The number of hydrogen-bond donors (Lipinski definition) is 2. The fourth-order valence-corrected chi connectivity index (χ4v) is 4.65. The zero-order chi connectivity index (χ0) is 27.6. The smallest absolute Gasteiger partial charge is 0.322 e. The van der Waals surface area contributed by atoms with Crippen LogP contribution in [0.15, 0.2) is 24.3 Å². The van der Waals surface area contributed by atoms with E-state index in [4.69, 9.17) is 4.74 Å². The molecule has 1 atom stereocenters. The van der Waals surface area contributed by atoms with Crippen molar-refractivity contribution in [2.75, 3.05) is 37.4 Å². The quantitative estimate of drug-likeness (QED) is 0.337. The Kier molecular flexibility index (Phi) is 8.02. The molecule has 0 bridgehead atoms. The number of ether oxygens (including phenoxy) is 1. The normalized spacial score (nSPS) is 17.9. The summed E-state index contributed by atoms with van der Waals surface area (Å²) in [7, 11) is 1.54. The monoisotopic (exact) mass is 540 g/mol. The van der Waals surface area contributed by atoms with Gasteiger partial charge in [-0.15, -0.1) is 0 Å². The van der Waals surface area contributed by atoms with Crippen LogP contribution < -0.4 is 15.4 Å². The van der Waals surface area contributed by atoms with Gasteiger partial charge in [0.1, 0.15) is 17.5 Å². The number of nitrogens with zero attached hydrogens (tertiary/aromatic N) is 2. The molecule has 8 nitrogen and oxygen atoms in total. The number of piperidine rings is 1. The van der Waals surface area contributed by atoms with Crippen molar-refractivity contribution in [3.05, 3.63) is 53.4 Å². The fraction of sp³-hybridized carbons (Fsp3) is 0.400. The molecule has 2 saturated heterocycles. The van der Waals surface area contributed by atoms with E-state index in [1.54, 1.807) is 29.6 Å². The standard InChI is InChI=1S/C25H25F5N4O4/c1-38-15-6-4-14(5-7-15)31-23(35)13-8-11-33(12-9-13)24(36)16-3-2-10-34(16)25(37)32-22-20(29)18(27)17(26)19(28)21(22)30/h4-7,13,16H,2-3,8-12H2,1H3,(H,31,35)(H,32,37)/t16-/m0/s1. The van der Waals surface area contributed by atoms with E-state index in [-0.39, 0.29) is 37.9 Å². The minimum atomic E-state index is -2.34. The van der Waals surface area contributed by atoms with E-state index >= 15 is 0 Å². The number of halogens is 5. The predicted molar refractivity (Wildman–Crippen MR) is 126 cm³/mol. The van der Waals surface area contributed by atoms with Crippen molar-refractivity contribution in [2.24, 2.45) is 5.92 Å². The van der Waals surface area contributed by atoms with Crippen molar-refractivity contribution >= 4 is 29.2 Å². The molecule has 4 rings (SSSR count). The first-order valence-corrected chi connectivity index (χ1v) is 11.9. The maximum Gasteiger partial charge on any atom is 0.322 e. The molecule has 2 aromatic carbocycles. The summed E-state index contributed by atoms with van der Waals surface area (Å²) in [6.45, 7) is 0.560. The number of benzene rings is 2. The molecule has 2 heterocycles. The SMILES string of the molecule is COc1ccc(NC(=O)C2CCN(C(=O)[C@@H]3CCCN3C(=O)Nc3c(F)c(F)c(F)c(F)c3F)CC2)cc1. The van der Waals surface area contributed by atoms with Gasteiger partial charge >= 0.3 is 6.03 Å². The van der Waals surface area contributed by atoms with Gasteiger partial charge in [-0.3, -0.25) is 9.59 Å². The average molecular weight is 540 g/mol. The summed E-state index contributed by atoms with van der Waals surface area (Å²) in [5.41, 5.74) is -0.871. The molecule has 0 aromatic heterocycles. The van der Waals surface area contributed by atoms with E-state index in [9.17, 15) is 36.3 Å². The van der Waals surface area contributed by atoms with Crippen LogP contribution in [0.1, 0.15) is 25.7 Å². The molecule has 0 saturated carbocycles. The Morgan fingerprint density at radius 2 is 1.39 bits per heavy atom. The van der Waals surface area contributed by atoms with Crippen LogP contribution in [-0.2, 0) is 9.59 Å². The molecule has 4 amide bonds. The highest BCUT2D eigenvalue weighted by molar-refractivity contribution is 5.95. The van der Waals surface area contributed by atoms with E-state index < -0.39 is 52.8 Å². The molecule has 2 aromatic rings. The number of carbonyl (C=O) groups excluding carboxylic acids is 3. The van der Waals surface area contributed by atoms with E-state index in [2.05, 4.69) is 5.32 Å². The number of methoxy groups -OCH3 is 1. The zero-order valence-corrected chi connectivity index (χ0v) is 20.3. The van der Waals surface area contributed by atoms with Gasteiger partial charge < -0.3 is 25.2 Å². The Bertz CT molecular complexity index is 1210. The van der Waals surface area contributed by atoms with Crippen LogP contribution in [0.25, 0.3) is 0 Å². The van der Waals surface area contributed by atoms with Crippen LogP contribution in [0.2, 0.25) is 0 Å². The molecule has 0 aliphatic carbocycles. The van der Waals surface area contributed by atoms with Crippen molar-refractivity contribution < 1.29 is 41.1 Å². The third kappa shape index (κ3) is 5.36. The molecule has 0 spiro atoms. The second kappa shape index (κ2) is 11.2. The van der Waals surface area contributed by atoms with Crippen molar-refractivity contribution in [2.45, 2.75) is 31.7 Å². The van der Waals surface area contributed by atoms with E-state index in [1.165, 1.54) is 12.0 Å².